The highest BCUT2D eigenvalue weighted by Gasteiger charge is 2.29. The lowest BCUT2D eigenvalue weighted by atomic mass is 9.78. The largest absolute Gasteiger partial charge is 0.118 e. The highest BCUT2D eigenvalue weighted by Crippen LogP contribution is 2.38. The van der Waals surface area contributed by atoms with Crippen LogP contribution in [0.15, 0.2) is 23.8 Å². The van der Waals surface area contributed by atoms with Crippen LogP contribution in [0.1, 0.15) is 12.8 Å². The Morgan fingerprint density at radius 2 is 2.44 bits per heavy atom. The molecule has 9 heavy (non-hydrogen) atoms. The molecule has 0 aromatic carbocycles. The molecule has 0 spiro atoms. The van der Waals surface area contributed by atoms with Crippen LogP contribution in [-0.2, 0) is 0 Å². The molecule has 2 aliphatic rings. The zero-order valence-corrected chi connectivity index (χ0v) is 5.93. The summed E-state index contributed by atoms with van der Waals surface area (Å²) in [5.74, 6) is 0.691. The molecule has 2 aliphatic carbocycles. The van der Waals surface area contributed by atoms with E-state index in [1.165, 1.54) is 18.4 Å². The average molecular weight is 141 g/mol. The molecule has 0 aliphatic heterocycles. The summed E-state index contributed by atoms with van der Waals surface area (Å²) in [6.45, 7) is 0. The van der Waals surface area contributed by atoms with Crippen LogP contribution in [0, 0.1) is 5.92 Å². The quantitative estimate of drug-likeness (QED) is 0.454. The molecule has 0 nitrogen and oxygen atoms in total. The minimum atomic E-state index is 0.338. The van der Waals surface area contributed by atoms with Gasteiger partial charge in [0.05, 0.1) is 5.38 Å². The molecular weight excluding hydrogens is 132 g/mol. The van der Waals surface area contributed by atoms with E-state index in [1.54, 1.807) is 0 Å². The molecule has 2 atom stereocenters. The van der Waals surface area contributed by atoms with Gasteiger partial charge in [-0.2, -0.15) is 0 Å². The number of hydrogen-bond donors (Lipinski definition) is 0. The van der Waals surface area contributed by atoms with E-state index in [2.05, 4.69) is 18.2 Å². The maximum Gasteiger partial charge on any atom is 0.0590 e. The summed E-state index contributed by atoms with van der Waals surface area (Å²) in [5, 5.41) is 0.338. The van der Waals surface area contributed by atoms with Crippen molar-refractivity contribution < 1.29 is 0 Å². The van der Waals surface area contributed by atoms with Gasteiger partial charge in [0, 0.05) is 5.92 Å². The minimum Gasteiger partial charge on any atom is -0.118 e. The molecule has 2 rings (SSSR count). The second-order valence-corrected chi connectivity index (χ2v) is 3.20. The summed E-state index contributed by atoms with van der Waals surface area (Å²) < 4.78 is 0. The van der Waals surface area contributed by atoms with Gasteiger partial charge in [0.1, 0.15) is 0 Å². The van der Waals surface area contributed by atoms with Crippen molar-refractivity contribution in [2.75, 3.05) is 0 Å². The first-order valence-electron chi connectivity index (χ1n) is 3.40. The third-order valence-corrected chi connectivity index (χ3v) is 2.55. The zero-order valence-electron chi connectivity index (χ0n) is 5.18. The van der Waals surface area contributed by atoms with E-state index in [1.807, 2.05) is 0 Å². The van der Waals surface area contributed by atoms with E-state index >= 15 is 0 Å². The first kappa shape index (κ1) is 5.55. The van der Waals surface area contributed by atoms with Gasteiger partial charge in [-0.05, 0) is 18.4 Å². The van der Waals surface area contributed by atoms with Gasteiger partial charge >= 0.3 is 0 Å². The lowest BCUT2D eigenvalue weighted by Crippen LogP contribution is -2.25. The predicted octanol–water partition coefficient (Wildman–Crippen LogP) is 2.50. The molecule has 0 N–H and O–H groups in total. The van der Waals surface area contributed by atoms with Gasteiger partial charge in [-0.15, -0.1) is 11.6 Å². The Balaban J connectivity index is 2.24. The number of allylic oxidation sites excluding steroid dienone is 4. The molecule has 0 aromatic heterocycles. The Labute approximate surface area is 60.2 Å². The van der Waals surface area contributed by atoms with Crippen molar-refractivity contribution in [3.8, 4) is 0 Å². The van der Waals surface area contributed by atoms with E-state index in [0.29, 0.717) is 11.3 Å². The number of alkyl halides is 1. The van der Waals surface area contributed by atoms with E-state index in [0.717, 1.165) is 0 Å². The molecule has 0 saturated heterocycles. The van der Waals surface area contributed by atoms with Crippen molar-refractivity contribution in [2.45, 2.75) is 18.2 Å². The van der Waals surface area contributed by atoms with Crippen molar-refractivity contribution in [1.82, 2.24) is 0 Å². The third kappa shape index (κ3) is 0.734. The molecule has 0 saturated carbocycles. The summed E-state index contributed by atoms with van der Waals surface area (Å²) in [6, 6.07) is 0. The first-order valence-corrected chi connectivity index (χ1v) is 3.84. The van der Waals surface area contributed by atoms with Crippen LogP contribution in [0.4, 0.5) is 0 Å². The van der Waals surface area contributed by atoms with E-state index in [4.69, 9.17) is 11.6 Å². The maximum absolute atomic E-state index is 5.91. The standard InChI is InChI=1S/C8H9Cl/c9-8-5-6-3-1-2-4-7(6)8/h1,3,5,7-8H,2,4H2/t7?,8-/m0/s1. The molecule has 0 radical (unpaired) electrons. The summed E-state index contributed by atoms with van der Waals surface area (Å²) in [5.41, 5.74) is 1.46. The first-order chi connectivity index (χ1) is 4.38. The molecule has 0 bridgehead atoms. The van der Waals surface area contributed by atoms with Gasteiger partial charge in [0.15, 0.2) is 0 Å². The van der Waals surface area contributed by atoms with E-state index in [9.17, 15) is 0 Å². The Morgan fingerprint density at radius 1 is 1.56 bits per heavy atom. The molecule has 0 amide bonds. The molecular formula is C8H9Cl. The van der Waals surface area contributed by atoms with Crippen LogP contribution in [0.25, 0.3) is 0 Å². The average Bonchev–Trinajstić information content (AvgIpc) is 1.86. The Kier molecular flexibility index (Phi) is 1.16. The van der Waals surface area contributed by atoms with E-state index in [-0.39, 0.29) is 0 Å². The van der Waals surface area contributed by atoms with Crippen molar-refractivity contribution in [2.24, 2.45) is 5.92 Å². The van der Waals surface area contributed by atoms with Gasteiger partial charge in [-0.3, -0.25) is 0 Å². The molecule has 1 heteroatoms. The second kappa shape index (κ2) is 1.88. The fourth-order valence-corrected chi connectivity index (χ4v) is 1.91. The maximum atomic E-state index is 5.91. The van der Waals surface area contributed by atoms with Crippen LogP contribution < -0.4 is 0 Å². The number of rotatable bonds is 0. The van der Waals surface area contributed by atoms with E-state index < -0.39 is 0 Å². The van der Waals surface area contributed by atoms with Crippen molar-refractivity contribution >= 4 is 11.6 Å². The number of fused-ring (bicyclic) bond motifs is 1. The highest BCUT2D eigenvalue weighted by atomic mass is 35.5. The summed E-state index contributed by atoms with van der Waals surface area (Å²) in [4.78, 5) is 0. The molecule has 0 heterocycles. The Hall–Kier alpha value is -0.230. The minimum absolute atomic E-state index is 0.338. The third-order valence-electron chi connectivity index (χ3n) is 2.12. The van der Waals surface area contributed by atoms with Crippen molar-refractivity contribution in [3.63, 3.8) is 0 Å². The lowest BCUT2D eigenvalue weighted by molar-refractivity contribution is 0.529. The Morgan fingerprint density at radius 3 is 3.00 bits per heavy atom. The topological polar surface area (TPSA) is 0 Å². The fraction of sp³-hybridized carbons (Fsp3) is 0.500. The van der Waals surface area contributed by atoms with Gasteiger partial charge in [-0.25, -0.2) is 0 Å². The van der Waals surface area contributed by atoms with Crippen LogP contribution >= 0.6 is 11.6 Å². The smallest absolute Gasteiger partial charge is 0.0590 e. The molecule has 0 aromatic rings. The summed E-state index contributed by atoms with van der Waals surface area (Å²) in [7, 11) is 0. The predicted molar refractivity (Wildman–Crippen MR) is 39.6 cm³/mol. The van der Waals surface area contributed by atoms with Gasteiger partial charge < -0.3 is 0 Å². The van der Waals surface area contributed by atoms with Crippen molar-refractivity contribution in [1.29, 1.82) is 0 Å². The summed E-state index contributed by atoms with van der Waals surface area (Å²) in [6.07, 6.45) is 9.04. The number of halogens is 1. The van der Waals surface area contributed by atoms with Crippen LogP contribution in [-0.4, -0.2) is 5.38 Å². The van der Waals surface area contributed by atoms with Gasteiger partial charge in [0.2, 0.25) is 0 Å². The highest BCUT2D eigenvalue weighted by molar-refractivity contribution is 6.23. The SMILES string of the molecule is Cl[C@H]1C=C2C=CCCC21. The lowest BCUT2D eigenvalue weighted by Gasteiger charge is -2.32. The van der Waals surface area contributed by atoms with Gasteiger partial charge in [-0.1, -0.05) is 18.2 Å². The molecule has 0 fully saturated rings. The second-order valence-electron chi connectivity index (χ2n) is 2.70. The normalized spacial score (nSPS) is 39.0. The van der Waals surface area contributed by atoms with Gasteiger partial charge in [0.25, 0.3) is 0 Å². The Bertz CT molecular complexity index is 179. The number of hydrogen-bond acceptors (Lipinski definition) is 0. The monoisotopic (exact) mass is 140 g/mol. The fourth-order valence-electron chi connectivity index (χ4n) is 1.49. The summed E-state index contributed by atoms with van der Waals surface area (Å²) >= 11 is 5.91. The van der Waals surface area contributed by atoms with Crippen LogP contribution in [0.5, 0.6) is 0 Å². The molecule has 1 unspecified atom stereocenters. The molecule has 48 valence electrons. The van der Waals surface area contributed by atoms with Crippen LogP contribution in [0.2, 0.25) is 0 Å². The van der Waals surface area contributed by atoms with Crippen molar-refractivity contribution in [3.05, 3.63) is 23.8 Å². The zero-order chi connectivity index (χ0) is 6.27. The van der Waals surface area contributed by atoms with Crippen LogP contribution in [0.3, 0.4) is 0 Å².